The summed E-state index contributed by atoms with van der Waals surface area (Å²) in [5.74, 6) is 1.09. The van der Waals surface area contributed by atoms with E-state index >= 15 is 0 Å². The quantitative estimate of drug-likeness (QED) is 0.544. The summed E-state index contributed by atoms with van der Waals surface area (Å²) in [6.45, 7) is 0.487. The van der Waals surface area contributed by atoms with E-state index in [1.807, 2.05) is 0 Å². The van der Waals surface area contributed by atoms with Gasteiger partial charge in [0.05, 0.1) is 24.0 Å². The average Bonchev–Trinajstić information content (AvgIpc) is 3.58. The topological polar surface area (TPSA) is 114 Å². The van der Waals surface area contributed by atoms with E-state index in [0.29, 0.717) is 30.3 Å². The van der Waals surface area contributed by atoms with Gasteiger partial charge in [-0.05, 0) is 55.5 Å². The van der Waals surface area contributed by atoms with Crippen LogP contribution in [0, 0.1) is 5.92 Å². The minimum absolute atomic E-state index is 0.0504. The van der Waals surface area contributed by atoms with Crippen molar-refractivity contribution in [2.24, 2.45) is 5.92 Å². The molecular weight excluding hydrogens is 444 g/mol. The summed E-state index contributed by atoms with van der Waals surface area (Å²) in [5, 5.41) is 12.9. The zero-order valence-electron chi connectivity index (χ0n) is 18.1. The number of sulfonamides is 1. The van der Waals surface area contributed by atoms with Crippen LogP contribution >= 0.6 is 0 Å². The van der Waals surface area contributed by atoms with Crippen LogP contribution in [0.2, 0.25) is 0 Å². The first-order valence-electron chi connectivity index (χ1n) is 11.3. The maximum atomic E-state index is 12.7. The lowest BCUT2D eigenvalue weighted by molar-refractivity contribution is -0.142. The molecule has 0 bridgehead atoms. The summed E-state index contributed by atoms with van der Waals surface area (Å²) in [5.41, 5.74) is 1.30. The number of anilines is 1. The van der Waals surface area contributed by atoms with Crippen molar-refractivity contribution in [3.8, 4) is 5.75 Å². The molecule has 8 nitrogen and oxygen atoms in total. The molecule has 1 aliphatic carbocycles. The van der Waals surface area contributed by atoms with Gasteiger partial charge in [0.2, 0.25) is 5.91 Å². The molecule has 33 heavy (non-hydrogen) atoms. The number of hydrogen-bond donors (Lipinski definition) is 3. The Bertz CT molecular complexity index is 1120. The third-order valence-electron chi connectivity index (χ3n) is 6.50. The van der Waals surface area contributed by atoms with Gasteiger partial charge in [0.1, 0.15) is 18.0 Å². The summed E-state index contributed by atoms with van der Waals surface area (Å²) in [4.78, 5) is 12.5. The second kappa shape index (κ2) is 8.96. The van der Waals surface area contributed by atoms with Gasteiger partial charge in [0.15, 0.2) is 0 Å². The fourth-order valence-electron chi connectivity index (χ4n) is 4.63. The van der Waals surface area contributed by atoms with Crippen LogP contribution in [0.15, 0.2) is 53.4 Å². The van der Waals surface area contributed by atoms with E-state index in [-0.39, 0.29) is 42.0 Å². The molecule has 9 heteroatoms. The SMILES string of the molecule is O=C(C[C@@H]1C[C@H]2c3cc(NS(=O)(=O)c4ccccc4)ccc3O[C@H]2[C@@H](CO)O1)NCC1CC1. The fourth-order valence-corrected chi connectivity index (χ4v) is 5.70. The Morgan fingerprint density at radius 1 is 1.12 bits per heavy atom. The minimum atomic E-state index is -3.72. The van der Waals surface area contributed by atoms with Crippen molar-refractivity contribution in [3.05, 3.63) is 54.1 Å². The number of nitrogens with one attached hydrogen (secondary N) is 2. The van der Waals surface area contributed by atoms with Crippen LogP contribution in [-0.4, -0.2) is 50.9 Å². The third-order valence-corrected chi connectivity index (χ3v) is 7.90. The van der Waals surface area contributed by atoms with Crippen molar-refractivity contribution < 1.29 is 27.8 Å². The number of carbonyl (C=O) groups is 1. The molecule has 1 saturated carbocycles. The van der Waals surface area contributed by atoms with Crippen LogP contribution in [0.3, 0.4) is 0 Å². The van der Waals surface area contributed by atoms with Gasteiger partial charge in [-0.15, -0.1) is 0 Å². The molecule has 2 fully saturated rings. The van der Waals surface area contributed by atoms with Gasteiger partial charge >= 0.3 is 0 Å². The number of carbonyl (C=O) groups excluding carboxylic acids is 1. The number of amides is 1. The van der Waals surface area contributed by atoms with E-state index < -0.39 is 16.1 Å². The molecule has 2 heterocycles. The van der Waals surface area contributed by atoms with E-state index in [2.05, 4.69) is 10.0 Å². The smallest absolute Gasteiger partial charge is 0.261 e. The van der Waals surface area contributed by atoms with E-state index in [9.17, 15) is 18.3 Å². The molecule has 3 aliphatic rings. The molecule has 0 radical (unpaired) electrons. The lowest BCUT2D eigenvalue weighted by Gasteiger charge is -2.37. The maximum absolute atomic E-state index is 12.7. The van der Waals surface area contributed by atoms with Crippen molar-refractivity contribution in [3.63, 3.8) is 0 Å². The predicted octanol–water partition coefficient (Wildman–Crippen LogP) is 2.40. The molecular formula is C24H28N2O6S. The van der Waals surface area contributed by atoms with Gasteiger partial charge in [0, 0.05) is 23.7 Å². The van der Waals surface area contributed by atoms with Crippen molar-refractivity contribution in [2.75, 3.05) is 17.9 Å². The summed E-state index contributed by atoms with van der Waals surface area (Å²) in [7, 11) is -3.72. The molecule has 176 valence electrons. The maximum Gasteiger partial charge on any atom is 0.261 e. The standard InChI is InChI=1S/C24H28N2O6S/c27-14-22-24-20(11-17(31-22)12-23(28)25-13-15-6-7-15)19-10-16(8-9-21(19)32-24)26-33(29,30)18-4-2-1-3-5-18/h1-5,8-10,15,17,20,22,24,26-27H,6-7,11-14H2,(H,25,28)/t17-,20-,22+,24+/m0/s1. The van der Waals surface area contributed by atoms with Crippen molar-refractivity contribution in [2.45, 2.75) is 54.8 Å². The first-order chi connectivity index (χ1) is 15.9. The van der Waals surface area contributed by atoms with E-state index in [0.717, 1.165) is 5.56 Å². The molecule has 2 aromatic carbocycles. The zero-order chi connectivity index (χ0) is 23.0. The summed E-state index contributed by atoms with van der Waals surface area (Å²) >= 11 is 0. The Kier molecular flexibility index (Phi) is 6.03. The predicted molar refractivity (Wildman–Crippen MR) is 122 cm³/mol. The number of aliphatic hydroxyl groups excluding tert-OH is 1. The zero-order valence-corrected chi connectivity index (χ0v) is 19.0. The number of rotatable bonds is 8. The third kappa shape index (κ3) is 4.85. The van der Waals surface area contributed by atoms with Crippen LogP contribution in [0.5, 0.6) is 5.75 Å². The highest BCUT2D eigenvalue weighted by Gasteiger charge is 2.46. The molecule has 3 N–H and O–H groups in total. The molecule has 0 aromatic heterocycles. The van der Waals surface area contributed by atoms with Gasteiger partial charge in [-0.25, -0.2) is 8.42 Å². The largest absolute Gasteiger partial charge is 0.487 e. The second-order valence-electron chi connectivity index (χ2n) is 9.03. The monoisotopic (exact) mass is 472 g/mol. The average molecular weight is 473 g/mol. The van der Waals surface area contributed by atoms with Crippen LogP contribution < -0.4 is 14.8 Å². The van der Waals surface area contributed by atoms with E-state index in [1.165, 1.54) is 25.0 Å². The van der Waals surface area contributed by atoms with Crippen LogP contribution in [0.25, 0.3) is 0 Å². The first-order valence-corrected chi connectivity index (χ1v) is 12.8. The Labute approximate surface area is 193 Å². The summed E-state index contributed by atoms with van der Waals surface area (Å²) < 4.78 is 40.2. The number of ether oxygens (including phenoxy) is 2. The van der Waals surface area contributed by atoms with Crippen molar-refractivity contribution >= 4 is 21.6 Å². The van der Waals surface area contributed by atoms with Crippen LogP contribution in [0.1, 0.15) is 37.2 Å². The Balaban J connectivity index is 1.32. The van der Waals surface area contributed by atoms with Crippen molar-refractivity contribution in [1.82, 2.24) is 5.32 Å². The molecule has 2 aliphatic heterocycles. The highest BCUT2D eigenvalue weighted by atomic mass is 32.2. The fraction of sp³-hybridized carbons (Fsp3) is 0.458. The molecule has 0 unspecified atom stereocenters. The van der Waals surface area contributed by atoms with Crippen LogP contribution in [-0.2, 0) is 19.6 Å². The lowest BCUT2D eigenvalue weighted by atomic mass is 9.84. The van der Waals surface area contributed by atoms with Crippen molar-refractivity contribution in [1.29, 1.82) is 0 Å². The van der Waals surface area contributed by atoms with Gasteiger partial charge in [0.25, 0.3) is 10.0 Å². The van der Waals surface area contributed by atoms with Gasteiger partial charge in [-0.1, -0.05) is 18.2 Å². The van der Waals surface area contributed by atoms with Gasteiger partial charge < -0.3 is 19.9 Å². The number of aliphatic hydroxyl groups is 1. The Morgan fingerprint density at radius 3 is 2.64 bits per heavy atom. The molecule has 4 atom stereocenters. The molecule has 1 saturated heterocycles. The summed E-state index contributed by atoms with van der Waals surface area (Å²) in [6, 6.07) is 13.4. The number of hydrogen-bond acceptors (Lipinski definition) is 6. The lowest BCUT2D eigenvalue weighted by Crippen LogP contribution is -2.47. The number of benzene rings is 2. The van der Waals surface area contributed by atoms with E-state index in [4.69, 9.17) is 9.47 Å². The Hall–Kier alpha value is -2.62. The molecule has 0 spiro atoms. The normalized spacial score (nSPS) is 26.1. The van der Waals surface area contributed by atoms with Crippen LogP contribution in [0.4, 0.5) is 5.69 Å². The Morgan fingerprint density at radius 2 is 1.91 bits per heavy atom. The second-order valence-corrected chi connectivity index (χ2v) is 10.7. The van der Waals surface area contributed by atoms with Gasteiger partial charge in [-0.2, -0.15) is 0 Å². The number of fused-ring (bicyclic) bond motifs is 3. The van der Waals surface area contributed by atoms with E-state index in [1.54, 1.807) is 36.4 Å². The highest BCUT2D eigenvalue weighted by molar-refractivity contribution is 7.92. The highest BCUT2D eigenvalue weighted by Crippen LogP contribution is 2.47. The molecule has 5 rings (SSSR count). The van der Waals surface area contributed by atoms with Gasteiger partial charge in [-0.3, -0.25) is 9.52 Å². The summed E-state index contributed by atoms with van der Waals surface area (Å²) in [6.07, 6.45) is 1.84. The molecule has 2 aromatic rings. The minimum Gasteiger partial charge on any atom is -0.487 e. The molecule has 1 amide bonds. The first kappa shape index (κ1) is 22.2.